The van der Waals surface area contributed by atoms with Gasteiger partial charge in [-0.15, -0.1) is 24.0 Å². The molecule has 0 amide bonds. The Balaban J connectivity index is 0.00000364. The van der Waals surface area contributed by atoms with Crippen LogP contribution in [0.15, 0.2) is 29.3 Å². The molecule has 1 aromatic carbocycles. The summed E-state index contributed by atoms with van der Waals surface area (Å²) in [7, 11) is -1.30. The minimum absolute atomic E-state index is 0. The van der Waals surface area contributed by atoms with E-state index in [2.05, 4.69) is 53.3 Å². The van der Waals surface area contributed by atoms with E-state index in [-0.39, 0.29) is 29.7 Å². The Morgan fingerprint density at radius 3 is 2.56 bits per heavy atom. The maximum atomic E-state index is 12.2. The van der Waals surface area contributed by atoms with Gasteiger partial charge in [0.2, 0.25) is 0 Å². The van der Waals surface area contributed by atoms with Crippen molar-refractivity contribution in [1.29, 1.82) is 0 Å². The number of sulfone groups is 1. The van der Waals surface area contributed by atoms with E-state index in [1.807, 2.05) is 4.90 Å². The molecule has 1 aliphatic heterocycles. The summed E-state index contributed by atoms with van der Waals surface area (Å²) in [5, 5.41) is 3.40. The third-order valence-corrected chi connectivity index (χ3v) is 7.59. The summed E-state index contributed by atoms with van der Waals surface area (Å²) in [5.74, 6) is 0.944. The first-order chi connectivity index (χ1) is 12.2. The maximum Gasteiger partial charge on any atom is 0.193 e. The number of aryl methyl sites for hydroxylation is 1. The number of aliphatic imine (C=N–C) groups is 1. The minimum Gasteiger partial charge on any atom is -0.370 e. The van der Waals surface area contributed by atoms with Crippen LogP contribution < -0.4 is 10.2 Å². The normalized spacial score (nSPS) is 18.6. The second-order valence-electron chi connectivity index (χ2n) is 7.34. The Labute approximate surface area is 181 Å². The molecule has 0 bridgehead atoms. The highest BCUT2D eigenvalue weighted by Gasteiger charge is 2.40. The van der Waals surface area contributed by atoms with Crippen molar-refractivity contribution >= 4 is 45.5 Å². The van der Waals surface area contributed by atoms with Gasteiger partial charge in [0.1, 0.15) is 0 Å². The van der Waals surface area contributed by atoms with E-state index in [0.29, 0.717) is 13.1 Å². The molecule has 1 N–H and O–H groups in total. The predicted octanol–water partition coefficient (Wildman–Crippen LogP) is 2.52. The summed E-state index contributed by atoms with van der Waals surface area (Å²) in [6.45, 7) is 11.3. The zero-order chi connectivity index (χ0) is 19.4. The van der Waals surface area contributed by atoms with E-state index in [4.69, 9.17) is 0 Å². The Bertz CT molecular complexity index is 750. The molecular formula is C19H33IN4O2S. The molecule has 0 saturated carbocycles. The number of nitrogens with zero attached hydrogens (tertiary/aromatic N) is 3. The SMILES string of the molecule is CCN(CCNC(=NC)N1CCS(=O)(=O)C(C)(C)C1)c1ccccc1C.I. The van der Waals surface area contributed by atoms with E-state index in [1.165, 1.54) is 11.3 Å². The third-order valence-electron chi connectivity index (χ3n) is 5.06. The lowest BCUT2D eigenvalue weighted by molar-refractivity contribution is 0.353. The Morgan fingerprint density at radius 1 is 1.33 bits per heavy atom. The van der Waals surface area contributed by atoms with E-state index in [1.54, 1.807) is 20.9 Å². The van der Waals surface area contributed by atoms with Gasteiger partial charge in [0.05, 0.1) is 10.5 Å². The first kappa shape index (κ1) is 24.0. The number of hydrogen-bond acceptors (Lipinski definition) is 4. The van der Waals surface area contributed by atoms with Crippen LogP contribution in [0.4, 0.5) is 5.69 Å². The average molecular weight is 508 g/mol. The van der Waals surface area contributed by atoms with Crippen molar-refractivity contribution in [3.05, 3.63) is 29.8 Å². The van der Waals surface area contributed by atoms with Crippen molar-refractivity contribution in [3.8, 4) is 0 Å². The first-order valence-electron chi connectivity index (χ1n) is 9.20. The van der Waals surface area contributed by atoms with Crippen molar-refractivity contribution in [1.82, 2.24) is 10.2 Å². The van der Waals surface area contributed by atoms with Crippen LogP contribution in [0.5, 0.6) is 0 Å². The molecule has 0 aliphatic carbocycles. The van der Waals surface area contributed by atoms with Crippen molar-refractivity contribution < 1.29 is 8.42 Å². The average Bonchev–Trinajstić information content (AvgIpc) is 2.59. The number of guanidine groups is 1. The number of rotatable bonds is 5. The lowest BCUT2D eigenvalue weighted by Crippen LogP contribution is -2.57. The lowest BCUT2D eigenvalue weighted by atomic mass is 10.2. The molecule has 2 rings (SSSR count). The molecule has 0 radical (unpaired) electrons. The topological polar surface area (TPSA) is 65.0 Å². The highest BCUT2D eigenvalue weighted by Crippen LogP contribution is 2.23. The summed E-state index contributed by atoms with van der Waals surface area (Å²) < 4.78 is 23.6. The Hall–Kier alpha value is -1.03. The number of likely N-dealkylation sites (N-methyl/N-ethyl adjacent to an activating group) is 1. The summed E-state index contributed by atoms with van der Waals surface area (Å²) in [6, 6.07) is 8.39. The van der Waals surface area contributed by atoms with Crippen molar-refractivity contribution in [3.63, 3.8) is 0 Å². The molecule has 8 heteroatoms. The van der Waals surface area contributed by atoms with Gasteiger partial charge in [0, 0.05) is 45.5 Å². The number of hydrogen-bond donors (Lipinski definition) is 1. The molecule has 1 aliphatic rings. The molecule has 154 valence electrons. The molecule has 1 fully saturated rings. The largest absolute Gasteiger partial charge is 0.370 e. The van der Waals surface area contributed by atoms with E-state index >= 15 is 0 Å². The molecule has 1 saturated heterocycles. The smallest absolute Gasteiger partial charge is 0.193 e. The molecule has 27 heavy (non-hydrogen) atoms. The van der Waals surface area contributed by atoms with Gasteiger partial charge >= 0.3 is 0 Å². The van der Waals surface area contributed by atoms with Crippen molar-refractivity contribution in [2.45, 2.75) is 32.4 Å². The van der Waals surface area contributed by atoms with E-state index in [9.17, 15) is 8.42 Å². The zero-order valence-electron chi connectivity index (χ0n) is 17.0. The number of nitrogens with one attached hydrogen (secondary N) is 1. The molecule has 1 heterocycles. The van der Waals surface area contributed by atoms with Gasteiger partial charge < -0.3 is 15.1 Å². The Kier molecular flexibility index (Phi) is 8.85. The van der Waals surface area contributed by atoms with Crippen LogP contribution in [-0.2, 0) is 9.84 Å². The van der Waals surface area contributed by atoms with Crippen molar-refractivity contribution in [2.24, 2.45) is 4.99 Å². The lowest BCUT2D eigenvalue weighted by Gasteiger charge is -2.39. The predicted molar refractivity (Wildman–Crippen MR) is 125 cm³/mol. The fourth-order valence-corrected chi connectivity index (χ4v) is 4.69. The van der Waals surface area contributed by atoms with Gasteiger partial charge in [0.15, 0.2) is 15.8 Å². The summed E-state index contributed by atoms with van der Waals surface area (Å²) in [5.41, 5.74) is 2.51. The van der Waals surface area contributed by atoms with Gasteiger partial charge in [0.25, 0.3) is 0 Å². The fourth-order valence-electron chi connectivity index (χ4n) is 3.33. The van der Waals surface area contributed by atoms with Crippen LogP contribution in [0.2, 0.25) is 0 Å². The summed E-state index contributed by atoms with van der Waals surface area (Å²) in [4.78, 5) is 8.74. The summed E-state index contributed by atoms with van der Waals surface area (Å²) in [6.07, 6.45) is 0. The van der Waals surface area contributed by atoms with Crippen LogP contribution in [0, 0.1) is 6.92 Å². The molecule has 0 spiro atoms. The van der Waals surface area contributed by atoms with Gasteiger partial charge in [-0.3, -0.25) is 4.99 Å². The second kappa shape index (κ2) is 9.95. The number of anilines is 1. The fraction of sp³-hybridized carbons (Fsp3) is 0.632. The van der Waals surface area contributed by atoms with Gasteiger partial charge in [-0.1, -0.05) is 18.2 Å². The minimum atomic E-state index is -3.05. The van der Waals surface area contributed by atoms with Gasteiger partial charge in [-0.2, -0.15) is 0 Å². The Morgan fingerprint density at radius 2 is 2.00 bits per heavy atom. The molecule has 1 aromatic rings. The number of benzene rings is 1. The number of para-hydroxylation sites is 1. The molecule has 0 aromatic heterocycles. The van der Waals surface area contributed by atoms with Crippen LogP contribution in [0.1, 0.15) is 26.3 Å². The van der Waals surface area contributed by atoms with Gasteiger partial charge in [-0.25, -0.2) is 8.42 Å². The number of halogens is 1. The highest BCUT2D eigenvalue weighted by atomic mass is 127. The van der Waals surface area contributed by atoms with E-state index in [0.717, 1.165) is 25.6 Å². The molecule has 0 atom stereocenters. The maximum absolute atomic E-state index is 12.2. The van der Waals surface area contributed by atoms with Gasteiger partial charge in [-0.05, 0) is 39.3 Å². The molecule has 0 unspecified atom stereocenters. The standard InChI is InChI=1S/C19H32N4O2S.HI/c1-6-22(17-10-8-7-9-16(17)2)12-11-21-18(20-5)23-13-14-26(24,25)19(3,4)15-23;/h7-10H,6,11-15H2,1-5H3,(H,20,21);1H. The summed E-state index contributed by atoms with van der Waals surface area (Å²) >= 11 is 0. The zero-order valence-corrected chi connectivity index (χ0v) is 20.2. The van der Waals surface area contributed by atoms with Crippen molar-refractivity contribution in [2.75, 3.05) is 50.4 Å². The monoisotopic (exact) mass is 508 g/mol. The third kappa shape index (κ3) is 5.73. The highest BCUT2D eigenvalue weighted by molar-refractivity contribution is 14.0. The van der Waals surface area contributed by atoms with Crippen LogP contribution in [-0.4, -0.2) is 69.5 Å². The van der Waals surface area contributed by atoms with Crippen LogP contribution in [0.3, 0.4) is 0 Å². The molecular weight excluding hydrogens is 475 g/mol. The van der Waals surface area contributed by atoms with Crippen LogP contribution >= 0.6 is 24.0 Å². The van der Waals surface area contributed by atoms with Crippen LogP contribution in [0.25, 0.3) is 0 Å². The van der Waals surface area contributed by atoms with E-state index < -0.39 is 14.6 Å². The first-order valence-corrected chi connectivity index (χ1v) is 10.9. The second-order valence-corrected chi connectivity index (χ2v) is 10.1. The molecule has 6 nitrogen and oxygen atoms in total. The quantitative estimate of drug-likeness (QED) is 0.376.